The van der Waals surface area contributed by atoms with Crippen LogP contribution in [0.4, 0.5) is 0 Å². The van der Waals surface area contributed by atoms with Crippen LogP contribution in [0.3, 0.4) is 0 Å². The largest absolute Gasteiger partial charge is 0.329 e. The minimum atomic E-state index is 0.479. The van der Waals surface area contributed by atoms with Gasteiger partial charge in [-0.1, -0.05) is 6.42 Å². The highest BCUT2D eigenvalue weighted by molar-refractivity contribution is 7.99. The van der Waals surface area contributed by atoms with Gasteiger partial charge in [0.1, 0.15) is 0 Å². The lowest BCUT2D eigenvalue weighted by Gasteiger charge is -2.23. The standard InChI is InChI=1S/C9H20N2S/c1-8(6-10)11-7-9-4-2-3-5-12-9/h8-9,11H,2-7,10H2,1H3/t8-,9?/m0/s1. The van der Waals surface area contributed by atoms with E-state index in [1.807, 2.05) is 0 Å². The molecule has 1 aliphatic heterocycles. The van der Waals surface area contributed by atoms with E-state index in [4.69, 9.17) is 5.73 Å². The van der Waals surface area contributed by atoms with Crippen LogP contribution in [0.25, 0.3) is 0 Å². The maximum absolute atomic E-state index is 5.52. The van der Waals surface area contributed by atoms with Crippen molar-refractivity contribution in [3.8, 4) is 0 Å². The topological polar surface area (TPSA) is 38.0 Å². The van der Waals surface area contributed by atoms with E-state index in [2.05, 4.69) is 24.0 Å². The summed E-state index contributed by atoms with van der Waals surface area (Å²) in [5.74, 6) is 1.35. The molecule has 0 aliphatic carbocycles. The van der Waals surface area contributed by atoms with Crippen LogP contribution in [0, 0.1) is 0 Å². The van der Waals surface area contributed by atoms with E-state index < -0.39 is 0 Å². The van der Waals surface area contributed by atoms with E-state index in [0.717, 1.165) is 18.3 Å². The molecular weight excluding hydrogens is 168 g/mol. The van der Waals surface area contributed by atoms with Gasteiger partial charge in [-0.2, -0.15) is 11.8 Å². The number of hydrogen-bond acceptors (Lipinski definition) is 3. The number of thioether (sulfide) groups is 1. The molecule has 0 aromatic rings. The Bertz CT molecular complexity index is 113. The van der Waals surface area contributed by atoms with Gasteiger partial charge in [0.15, 0.2) is 0 Å². The molecule has 1 heterocycles. The minimum Gasteiger partial charge on any atom is -0.329 e. The molecule has 1 saturated heterocycles. The molecule has 12 heavy (non-hydrogen) atoms. The molecule has 2 atom stereocenters. The highest BCUT2D eigenvalue weighted by atomic mass is 32.2. The average Bonchev–Trinajstić information content (AvgIpc) is 2.16. The Morgan fingerprint density at radius 2 is 2.42 bits per heavy atom. The van der Waals surface area contributed by atoms with Crippen molar-refractivity contribution < 1.29 is 0 Å². The summed E-state index contributed by atoms with van der Waals surface area (Å²) in [5.41, 5.74) is 5.52. The fraction of sp³-hybridized carbons (Fsp3) is 1.00. The van der Waals surface area contributed by atoms with Crippen LogP contribution in [0.2, 0.25) is 0 Å². The summed E-state index contributed by atoms with van der Waals surface area (Å²) in [6.07, 6.45) is 4.21. The van der Waals surface area contributed by atoms with Gasteiger partial charge >= 0.3 is 0 Å². The maximum Gasteiger partial charge on any atom is 0.0172 e. The summed E-state index contributed by atoms with van der Waals surface area (Å²) >= 11 is 2.11. The summed E-state index contributed by atoms with van der Waals surface area (Å²) in [5, 5.41) is 4.30. The predicted octanol–water partition coefficient (Wildman–Crippen LogP) is 1.21. The van der Waals surface area contributed by atoms with Crippen LogP contribution in [-0.4, -0.2) is 30.1 Å². The molecule has 1 fully saturated rings. The van der Waals surface area contributed by atoms with Crippen molar-refractivity contribution in [2.45, 2.75) is 37.5 Å². The van der Waals surface area contributed by atoms with Crippen molar-refractivity contribution in [2.75, 3.05) is 18.8 Å². The monoisotopic (exact) mass is 188 g/mol. The molecule has 0 aromatic heterocycles. The van der Waals surface area contributed by atoms with E-state index in [-0.39, 0.29) is 0 Å². The summed E-state index contributed by atoms with van der Waals surface area (Å²) in [6.45, 7) is 4.04. The lowest BCUT2D eigenvalue weighted by atomic mass is 10.2. The number of hydrogen-bond donors (Lipinski definition) is 2. The molecule has 0 bridgehead atoms. The number of rotatable bonds is 4. The molecule has 0 saturated carbocycles. The lowest BCUT2D eigenvalue weighted by molar-refractivity contribution is 0.528. The van der Waals surface area contributed by atoms with Gasteiger partial charge in [-0.3, -0.25) is 0 Å². The Balaban J connectivity index is 2.05. The van der Waals surface area contributed by atoms with E-state index in [1.54, 1.807) is 0 Å². The second-order valence-electron chi connectivity index (χ2n) is 3.53. The summed E-state index contributed by atoms with van der Waals surface area (Å²) in [4.78, 5) is 0. The molecule has 0 amide bonds. The lowest BCUT2D eigenvalue weighted by Crippen LogP contribution is -2.38. The van der Waals surface area contributed by atoms with Crippen molar-refractivity contribution in [1.82, 2.24) is 5.32 Å². The van der Waals surface area contributed by atoms with Gasteiger partial charge in [-0.05, 0) is 25.5 Å². The first-order valence-electron chi connectivity index (χ1n) is 4.88. The van der Waals surface area contributed by atoms with Gasteiger partial charge in [0, 0.05) is 24.4 Å². The average molecular weight is 188 g/mol. The first-order chi connectivity index (χ1) is 5.83. The number of nitrogens with two attached hydrogens (primary N) is 1. The van der Waals surface area contributed by atoms with E-state index in [1.165, 1.54) is 25.0 Å². The molecule has 0 radical (unpaired) electrons. The maximum atomic E-state index is 5.52. The Morgan fingerprint density at radius 3 is 3.00 bits per heavy atom. The zero-order chi connectivity index (χ0) is 8.81. The quantitative estimate of drug-likeness (QED) is 0.696. The van der Waals surface area contributed by atoms with Crippen LogP contribution < -0.4 is 11.1 Å². The molecule has 1 aliphatic rings. The minimum absolute atomic E-state index is 0.479. The fourth-order valence-corrected chi connectivity index (χ4v) is 2.64. The molecule has 1 rings (SSSR count). The third-order valence-electron chi connectivity index (χ3n) is 2.32. The first kappa shape index (κ1) is 10.4. The third kappa shape index (κ3) is 3.78. The Morgan fingerprint density at radius 1 is 1.58 bits per heavy atom. The Hall–Kier alpha value is 0.270. The van der Waals surface area contributed by atoms with Crippen molar-refractivity contribution in [3.05, 3.63) is 0 Å². The second kappa shape index (κ2) is 5.84. The van der Waals surface area contributed by atoms with Gasteiger partial charge in [0.05, 0.1) is 0 Å². The molecule has 1 unspecified atom stereocenters. The van der Waals surface area contributed by atoms with Crippen LogP contribution in [0.1, 0.15) is 26.2 Å². The molecule has 3 heteroatoms. The molecule has 3 N–H and O–H groups in total. The predicted molar refractivity (Wildman–Crippen MR) is 56.6 cm³/mol. The van der Waals surface area contributed by atoms with Crippen molar-refractivity contribution in [1.29, 1.82) is 0 Å². The molecule has 72 valence electrons. The summed E-state index contributed by atoms with van der Waals surface area (Å²) < 4.78 is 0. The SMILES string of the molecule is C[C@@H](CN)NCC1CCCCS1. The first-order valence-corrected chi connectivity index (χ1v) is 5.93. The van der Waals surface area contributed by atoms with Crippen LogP contribution in [-0.2, 0) is 0 Å². The summed E-state index contributed by atoms with van der Waals surface area (Å²) in [6, 6.07) is 0.479. The highest BCUT2D eigenvalue weighted by Gasteiger charge is 2.13. The smallest absolute Gasteiger partial charge is 0.0172 e. The molecule has 2 nitrogen and oxygen atoms in total. The van der Waals surface area contributed by atoms with Gasteiger partial charge in [0.25, 0.3) is 0 Å². The zero-order valence-electron chi connectivity index (χ0n) is 7.88. The van der Waals surface area contributed by atoms with Crippen LogP contribution in [0.15, 0.2) is 0 Å². The van der Waals surface area contributed by atoms with E-state index >= 15 is 0 Å². The van der Waals surface area contributed by atoms with Crippen molar-refractivity contribution in [3.63, 3.8) is 0 Å². The Kier molecular flexibility index (Phi) is 5.04. The third-order valence-corrected chi connectivity index (χ3v) is 3.72. The molecule has 0 aromatic carbocycles. The highest BCUT2D eigenvalue weighted by Crippen LogP contribution is 2.24. The second-order valence-corrected chi connectivity index (χ2v) is 4.94. The number of nitrogens with one attached hydrogen (secondary N) is 1. The zero-order valence-corrected chi connectivity index (χ0v) is 8.70. The van der Waals surface area contributed by atoms with E-state index in [9.17, 15) is 0 Å². The van der Waals surface area contributed by atoms with Crippen molar-refractivity contribution >= 4 is 11.8 Å². The van der Waals surface area contributed by atoms with Gasteiger partial charge in [-0.25, -0.2) is 0 Å². The van der Waals surface area contributed by atoms with Crippen LogP contribution in [0.5, 0.6) is 0 Å². The fourth-order valence-electron chi connectivity index (χ4n) is 1.38. The van der Waals surface area contributed by atoms with Gasteiger partial charge in [0.2, 0.25) is 0 Å². The van der Waals surface area contributed by atoms with Crippen molar-refractivity contribution in [2.24, 2.45) is 5.73 Å². The van der Waals surface area contributed by atoms with Gasteiger partial charge < -0.3 is 11.1 Å². The van der Waals surface area contributed by atoms with Crippen LogP contribution >= 0.6 is 11.8 Å². The Labute approximate surface area is 79.7 Å². The normalized spacial score (nSPS) is 27.0. The van der Waals surface area contributed by atoms with E-state index in [0.29, 0.717) is 6.04 Å². The molecular formula is C9H20N2S. The molecule has 0 spiro atoms. The van der Waals surface area contributed by atoms with Gasteiger partial charge in [-0.15, -0.1) is 0 Å². The summed E-state index contributed by atoms with van der Waals surface area (Å²) in [7, 11) is 0.